The van der Waals surface area contributed by atoms with Gasteiger partial charge in [0.2, 0.25) is 10.0 Å². The zero-order valence-corrected chi connectivity index (χ0v) is 24.7. The molecule has 40 heavy (non-hydrogen) atoms. The van der Waals surface area contributed by atoms with Crippen LogP contribution in [0.5, 0.6) is 0 Å². The Morgan fingerprint density at radius 2 is 1.73 bits per heavy atom. The monoisotopic (exact) mass is 606 g/mol. The Balaban J connectivity index is 0.00000370. The van der Waals surface area contributed by atoms with E-state index < -0.39 is 15.9 Å². The van der Waals surface area contributed by atoms with E-state index in [9.17, 15) is 18.0 Å². The molecule has 2 aliphatic heterocycles. The summed E-state index contributed by atoms with van der Waals surface area (Å²) in [6.07, 6.45) is 3.20. The number of piperidine rings is 1. The van der Waals surface area contributed by atoms with Gasteiger partial charge in [-0.1, -0.05) is 23.7 Å². The summed E-state index contributed by atoms with van der Waals surface area (Å²) in [4.78, 5) is 31.3. The van der Waals surface area contributed by atoms with Gasteiger partial charge in [0.05, 0.1) is 18.0 Å². The molecule has 0 radical (unpaired) electrons. The number of anilines is 1. The number of aromatic nitrogens is 1. The second-order valence-electron chi connectivity index (χ2n) is 9.97. The fraction of sp³-hybridized carbons (Fsp3) is 0.370. The van der Waals surface area contributed by atoms with Crippen LogP contribution in [-0.4, -0.2) is 85.4 Å². The molecule has 2 aromatic carbocycles. The van der Waals surface area contributed by atoms with Gasteiger partial charge in [0.1, 0.15) is 5.69 Å². The Morgan fingerprint density at radius 3 is 2.40 bits per heavy atom. The summed E-state index contributed by atoms with van der Waals surface area (Å²) in [7, 11) is -1.94. The van der Waals surface area contributed by atoms with Crippen LogP contribution in [0.4, 0.5) is 5.69 Å². The topological polar surface area (TPSA) is 120 Å². The number of fused-ring (bicyclic) bond motifs is 1. The van der Waals surface area contributed by atoms with Crippen molar-refractivity contribution in [2.45, 2.75) is 30.7 Å². The number of halogens is 2. The van der Waals surface area contributed by atoms with Crippen LogP contribution in [0.3, 0.4) is 0 Å². The fourth-order valence-corrected chi connectivity index (χ4v) is 7.08. The van der Waals surface area contributed by atoms with Crippen molar-refractivity contribution in [1.82, 2.24) is 19.3 Å². The number of primary amides is 1. The van der Waals surface area contributed by atoms with Crippen molar-refractivity contribution in [1.29, 1.82) is 0 Å². The summed E-state index contributed by atoms with van der Waals surface area (Å²) in [5, 5.41) is 5.82. The molecule has 0 bridgehead atoms. The molecule has 13 heteroatoms. The molecule has 1 aromatic heterocycles. The molecule has 0 unspecified atom stereocenters. The van der Waals surface area contributed by atoms with Crippen LogP contribution in [0.2, 0.25) is 5.02 Å². The Labute approximate surface area is 245 Å². The normalized spacial score (nSPS) is 17.4. The molecular weight excluding hydrogens is 575 g/mol. The van der Waals surface area contributed by atoms with Crippen molar-refractivity contribution in [3.05, 3.63) is 64.9 Å². The minimum Gasteiger partial charge on any atom is -0.371 e. The summed E-state index contributed by atoms with van der Waals surface area (Å²) < 4.78 is 28.0. The minimum absolute atomic E-state index is 0. The molecule has 3 heterocycles. The maximum Gasteiger partial charge on any atom is 0.267 e. The first-order chi connectivity index (χ1) is 18.6. The highest BCUT2D eigenvalue weighted by Crippen LogP contribution is 2.28. The number of benzene rings is 2. The number of pyridine rings is 1. The molecule has 2 fully saturated rings. The average Bonchev–Trinajstić information content (AvgIpc) is 2.92. The number of rotatable bonds is 6. The quantitative estimate of drug-likeness (QED) is 0.458. The number of hydrogen-bond donors (Lipinski definition) is 1. The van der Waals surface area contributed by atoms with E-state index in [0.29, 0.717) is 5.02 Å². The average molecular weight is 608 g/mol. The molecular formula is C27H32Cl2N6O4S. The molecule has 0 atom stereocenters. The van der Waals surface area contributed by atoms with Crippen molar-refractivity contribution in [3.63, 3.8) is 0 Å². The Morgan fingerprint density at radius 1 is 1.05 bits per heavy atom. The summed E-state index contributed by atoms with van der Waals surface area (Å²) in [6, 6.07) is 12.2. The molecule has 5 rings (SSSR count). The van der Waals surface area contributed by atoms with Gasteiger partial charge in [-0.15, -0.1) is 12.4 Å². The van der Waals surface area contributed by atoms with E-state index in [1.54, 1.807) is 47.6 Å². The summed E-state index contributed by atoms with van der Waals surface area (Å²) in [5.41, 5.74) is 7.43. The summed E-state index contributed by atoms with van der Waals surface area (Å²) in [5.74, 6) is -0.799. The number of hydrogen-bond acceptors (Lipinski definition) is 7. The number of amides is 2. The highest BCUT2D eigenvalue weighted by molar-refractivity contribution is 7.89. The van der Waals surface area contributed by atoms with Crippen molar-refractivity contribution in [3.8, 4) is 0 Å². The predicted molar refractivity (Wildman–Crippen MR) is 157 cm³/mol. The molecule has 2 amide bonds. The Bertz CT molecular complexity index is 1550. The van der Waals surface area contributed by atoms with Gasteiger partial charge in [-0.3, -0.25) is 19.6 Å². The van der Waals surface area contributed by atoms with E-state index in [4.69, 9.17) is 17.3 Å². The van der Waals surface area contributed by atoms with Crippen molar-refractivity contribution >= 4 is 62.3 Å². The number of sulfonamides is 1. The lowest BCUT2D eigenvalue weighted by Gasteiger charge is -2.45. The van der Waals surface area contributed by atoms with Gasteiger partial charge in [-0.2, -0.15) is 4.31 Å². The minimum atomic E-state index is -3.83. The molecule has 3 aromatic rings. The van der Waals surface area contributed by atoms with Gasteiger partial charge in [-0.05, 0) is 60.9 Å². The second kappa shape index (κ2) is 11.9. The molecule has 0 spiro atoms. The molecule has 0 saturated carbocycles. The van der Waals surface area contributed by atoms with Crippen molar-refractivity contribution < 1.29 is 18.0 Å². The van der Waals surface area contributed by atoms with E-state index in [2.05, 4.69) is 9.88 Å². The van der Waals surface area contributed by atoms with Crippen molar-refractivity contribution in [2.75, 3.05) is 44.7 Å². The number of piperazine rings is 1. The van der Waals surface area contributed by atoms with Gasteiger partial charge < -0.3 is 10.6 Å². The standard InChI is InChI=1S/C27H31ClN6O4S.ClH/c1-18-24(7-10-30-26(18)27(29)36)32-11-8-22(9-12-32)31(2)34-14-13-33(17-25(34)35)39(37,38)23-6-4-19-15-21(28)5-3-20(19)16-23;/h3-7,10,15-16,22H,8-9,11-14,17H2,1-2H3,(H2,29,36);1H. The van der Waals surface area contributed by atoms with Gasteiger partial charge in [0.15, 0.2) is 0 Å². The van der Waals surface area contributed by atoms with E-state index in [1.165, 1.54) is 4.31 Å². The first-order valence-electron chi connectivity index (χ1n) is 12.8. The third kappa shape index (κ3) is 5.75. The van der Waals surface area contributed by atoms with Crippen LogP contribution in [0.1, 0.15) is 28.9 Å². The SMILES string of the molecule is Cc1c(N2CCC(N(C)N3CCN(S(=O)(=O)c4ccc5cc(Cl)ccc5c4)CC3=O)CC2)ccnc1C(N)=O.Cl. The van der Waals surface area contributed by atoms with E-state index in [0.717, 1.165) is 48.0 Å². The number of carbonyl (C=O) groups excluding carboxylic acids is 2. The highest BCUT2D eigenvalue weighted by Gasteiger charge is 2.37. The van der Waals surface area contributed by atoms with Crippen molar-refractivity contribution in [2.24, 2.45) is 5.73 Å². The number of hydrazine groups is 1. The van der Waals surface area contributed by atoms with E-state index >= 15 is 0 Å². The summed E-state index contributed by atoms with van der Waals surface area (Å²) in [6.45, 7) is 3.61. The van der Waals surface area contributed by atoms with Gasteiger partial charge in [0, 0.05) is 55.2 Å². The van der Waals surface area contributed by atoms with Gasteiger partial charge in [0.25, 0.3) is 11.8 Å². The zero-order valence-electron chi connectivity index (χ0n) is 22.3. The Kier molecular flexibility index (Phi) is 8.91. The molecule has 214 valence electrons. The second-order valence-corrected chi connectivity index (χ2v) is 12.3. The lowest BCUT2D eigenvalue weighted by atomic mass is 10.0. The molecule has 0 aliphatic carbocycles. The van der Waals surface area contributed by atoms with Crippen LogP contribution < -0.4 is 10.6 Å². The van der Waals surface area contributed by atoms with Gasteiger partial charge in [-0.25, -0.2) is 13.4 Å². The first kappa shape index (κ1) is 30.0. The van der Waals surface area contributed by atoms with Crippen LogP contribution in [0, 0.1) is 6.92 Å². The third-order valence-corrected chi connectivity index (χ3v) is 9.77. The number of nitrogens with zero attached hydrogens (tertiary/aromatic N) is 5. The highest BCUT2D eigenvalue weighted by atomic mass is 35.5. The van der Waals surface area contributed by atoms with E-state index in [-0.39, 0.29) is 54.6 Å². The number of nitrogens with two attached hydrogens (primary N) is 1. The fourth-order valence-electron chi connectivity index (χ4n) is 5.48. The molecule has 2 aliphatic rings. The first-order valence-corrected chi connectivity index (χ1v) is 14.6. The lowest BCUT2D eigenvalue weighted by molar-refractivity contribution is -0.156. The molecule has 10 nitrogen and oxygen atoms in total. The van der Waals surface area contributed by atoms with Crippen LogP contribution >= 0.6 is 24.0 Å². The maximum absolute atomic E-state index is 13.4. The summed E-state index contributed by atoms with van der Waals surface area (Å²) >= 11 is 6.05. The third-order valence-electron chi connectivity index (χ3n) is 7.70. The zero-order chi connectivity index (χ0) is 27.9. The van der Waals surface area contributed by atoms with Gasteiger partial charge >= 0.3 is 0 Å². The largest absolute Gasteiger partial charge is 0.371 e. The maximum atomic E-state index is 13.4. The van der Waals surface area contributed by atoms with Crippen LogP contribution in [0.25, 0.3) is 10.8 Å². The number of carbonyl (C=O) groups is 2. The van der Waals surface area contributed by atoms with E-state index in [1.807, 2.05) is 25.0 Å². The Hall–Kier alpha value is -2.96. The van der Waals surface area contributed by atoms with Crippen LogP contribution in [0.15, 0.2) is 53.6 Å². The lowest BCUT2D eigenvalue weighted by Crippen LogP contribution is -2.60. The predicted octanol–water partition coefficient (Wildman–Crippen LogP) is 3.07. The molecule has 2 N–H and O–H groups in total. The smallest absolute Gasteiger partial charge is 0.267 e. The van der Waals surface area contributed by atoms with Crippen LogP contribution in [-0.2, 0) is 14.8 Å². The molecule has 2 saturated heterocycles.